The molecule has 0 atom stereocenters. The lowest BCUT2D eigenvalue weighted by Gasteiger charge is -2.28. The Kier molecular flexibility index (Phi) is 7.12. The van der Waals surface area contributed by atoms with Crippen LogP contribution in [-0.4, -0.2) is 48.0 Å². The van der Waals surface area contributed by atoms with Gasteiger partial charge in [-0.1, -0.05) is 47.5 Å². The minimum atomic E-state index is -2.70. The molecule has 37 heavy (non-hydrogen) atoms. The van der Waals surface area contributed by atoms with Gasteiger partial charge in [-0.25, -0.2) is 18.7 Å². The quantitative estimate of drug-likeness (QED) is 0.346. The molecular formula is C25H21Cl2F2N7O. The minimum absolute atomic E-state index is 0.0278. The summed E-state index contributed by atoms with van der Waals surface area (Å²) in [6.45, 7) is 0.0278. The number of halogens is 4. The number of amides is 1. The van der Waals surface area contributed by atoms with Crippen molar-refractivity contribution in [3.63, 3.8) is 0 Å². The molecule has 1 aliphatic rings. The molecule has 1 fully saturated rings. The van der Waals surface area contributed by atoms with E-state index in [1.807, 2.05) is 12.1 Å². The minimum Gasteiger partial charge on any atom is -0.348 e. The first-order chi connectivity index (χ1) is 17.8. The van der Waals surface area contributed by atoms with Crippen molar-refractivity contribution in [3.05, 3.63) is 76.3 Å². The summed E-state index contributed by atoms with van der Waals surface area (Å²) in [4.78, 5) is 24.3. The number of tetrazole rings is 1. The van der Waals surface area contributed by atoms with Gasteiger partial charge in [-0.05, 0) is 42.3 Å². The Morgan fingerprint density at radius 2 is 1.51 bits per heavy atom. The molecule has 2 aromatic heterocycles. The molecule has 5 rings (SSSR count). The molecule has 0 unspecified atom stereocenters. The molecule has 190 valence electrons. The van der Waals surface area contributed by atoms with Crippen LogP contribution >= 0.6 is 23.2 Å². The molecule has 0 spiro atoms. The highest BCUT2D eigenvalue weighted by atomic mass is 35.5. The van der Waals surface area contributed by atoms with Gasteiger partial charge in [-0.3, -0.25) is 4.79 Å². The molecule has 8 nitrogen and oxygen atoms in total. The van der Waals surface area contributed by atoms with E-state index in [4.69, 9.17) is 33.2 Å². The Labute approximate surface area is 221 Å². The molecule has 1 N–H and O–H groups in total. The fourth-order valence-corrected chi connectivity index (χ4v) is 4.47. The SMILES string of the molecule is O=C(NC1CCC(F)(F)CC1)c1nc(-c2ccc(Cl)cc2)c(-c2ccc(Cl)cc2)nc1Cn1ncnn1. The molecule has 0 saturated heterocycles. The van der Waals surface area contributed by atoms with Gasteiger partial charge in [0.1, 0.15) is 6.54 Å². The fourth-order valence-electron chi connectivity index (χ4n) is 4.21. The van der Waals surface area contributed by atoms with Crippen LogP contribution in [0, 0.1) is 0 Å². The maximum absolute atomic E-state index is 13.6. The number of nitrogens with one attached hydrogen (secondary N) is 1. The molecule has 0 aliphatic heterocycles. The van der Waals surface area contributed by atoms with Gasteiger partial charge in [0.2, 0.25) is 5.92 Å². The number of hydrogen-bond acceptors (Lipinski definition) is 6. The Bertz CT molecular complexity index is 1390. The number of aromatic nitrogens is 6. The average molecular weight is 544 g/mol. The number of carbonyl (C=O) groups is 1. The second-order valence-corrected chi connectivity index (χ2v) is 9.67. The van der Waals surface area contributed by atoms with Crippen molar-refractivity contribution < 1.29 is 13.6 Å². The van der Waals surface area contributed by atoms with Crippen molar-refractivity contribution in [2.75, 3.05) is 0 Å². The summed E-state index contributed by atoms with van der Waals surface area (Å²) < 4.78 is 27.3. The zero-order chi connectivity index (χ0) is 26.0. The van der Waals surface area contributed by atoms with Gasteiger partial charge in [0.15, 0.2) is 12.0 Å². The highest BCUT2D eigenvalue weighted by molar-refractivity contribution is 6.31. The predicted octanol–water partition coefficient (Wildman–Crippen LogP) is 5.46. The number of alkyl halides is 2. The molecule has 2 aromatic carbocycles. The van der Waals surface area contributed by atoms with Crippen molar-refractivity contribution in [2.24, 2.45) is 0 Å². The van der Waals surface area contributed by atoms with Crippen LogP contribution in [0.25, 0.3) is 22.5 Å². The first-order valence-corrected chi connectivity index (χ1v) is 12.4. The lowest BCUT2D eigenvalue weighted by atomic mass is 9.92. The van der Waals surface area contributed by atoms with Gasteiger partial charge in [0, 0.05) is 40.1 Å². The molecule has 1 amide bonds. The van der Waals surface area contributed by atoms with Crippen molar-refractivity contribution in [3.8, 4) is 22.5 Å². The first kappa shape index (κ1) is 25.2. The lowest BCUT2D eigenvalue weighted by molar-refractivity contribution is -0.0399. The Morgan fingerprint density at radius 3 is 2.05 bits per heavy atom. The van der Waals surface area contributed by atoms with Crippen molar-refractivity contribution in [1.82, 2.24) is 35.5 Å². The van der Waals surface area contributed by atoms with Gasteiger partial charge < -0.3 is 5.32 Å². The van der Waals surface area contributed by atoms with E-state index < -0.39 is 11.8 Å². The maximum atomic E-state index is 13.6. The topological polar surface area (TPSA) is 98.5 Å². The van der Waals surface area contributed by atoms with Crippen LogP contribution in [0.15, 0.2) is 54.9 Å². The van der Waals surface area contributed by atoms with E-state index >= 15 is 0 Å². The zero-order valence-electron chi connectivity index (χ0n) is 19.4. The van der Waals surface area contributed by atoms with Crippen molar-refractivity contribution in [1.29, 1.82) is 0 Å². The number of rotatable bonds is 6. The summed E-state index contributed by atoms with van der Waals surface area (Å²) in [5.41, 5.74) is 2.75. The normalized spacial score (nSPS) is 15.5. The second kappa shape index (κ2) is 10.5. The predicted molar refractivity (Wildman–Crippen MR) is 135 cm³/mol. The Morgan fingerprint density at radius 1 is 0.946 bits per heavy atom. The van der Waals surface area contributed by atoms with Gasteiger partial charge >= 0.3 is 0 Å². The molecular weight excluding hydrogens is 523 g/mol. The van der Waals surface area contributed by atoms with Crippen LogP contribution in [0.2, 0.25) is 10.0 Å². The van der Waals surface area contributed by atoms with E-state index in [1.165, 1.54) is 11.1 Å². The fraction of sp³-hybridized carbons (Fsp3) is 0.280. The standard InChI is InChI=1S/C25H21Cl2F2N7O/c26-17-5-1-15(2-6-17)21-22(16-3-7-18(27)8-4-16)34-23(20(33-21)13-36-31-14-30-35-36)24(37)32-19-9-11-25(28,29)12-10-19/h1-8,14,19H,9-13H2,(H,32,37). The van der Waals surface area contributed by atoms with Crippen molar-refractivity contribution in [2.45, 2.75) is 44.2 Å². The molecule has 0 bridgehead atoms. The van der Waals surface area contributed by atoms with Crippen LogP contribution in [0.1, 0.15) is 41.9 Å². The van der Waals surface area contributed by atoms with E-state index in [2.05, 4.69) is 20.7 Å². The smallest absolute Gasteiger partial charge is 0.272 e. The van der Waals surface area contributed by atoms with E-state index in [9.17, 15) is 13.6 Å². The lowest BCUT2D eigenvalue weighted by Crippen LogP contribution is -2.41. The second-order valence-electron chi connectivity index (χ2n) is 8.80. The Hall–Kier alpha value is -3.50. The monoisotopic (exact) mass is 543 g/mol. The first-order valence-electron chi connectivity index (χ1n) is 11.6. The molecule has 12 heteroatoms. The van der Waals surface area contributed by atoms with E-state index in [1.54, 1.807) is 36.4 Å². The van der Waals surface area contributed by atoms with Gasteiger partial charge in [0.25, 0.3) is 5.91 Å². The van der Waals surface area contributed by atoms with E-state index in [0.29, 0.717) is 32.7 Å². The molecule has 1 aliphatic carbocycles. The number of hydrogen-bond donors (Lipinski definition) is 1. The average Bonchev–Trinajstić information content (AvgIpc) is 3.39. The molecule has 2 heterocycles. The summed E-state index contributed by atoms with van der Waals surface area (Å²) >= 11 is 12.2. The third-order valence-electron chi connectivity index (χ3n) is 6.15. The summed E-state index contributed by atoms with van der Waals surface area (Å²) in [6, 6.07) is 13.7. The summed E-state index contributed by atoms with van der Waals surface area (Å²) in [7, 11) is 0. The third kappa shape index (κ3) is 5.91. The maximum Gasteiger partial charge on any atom is 0.272 e. The van der Waals surface area contributed by atoms with Crippen LogP contribution < -0.4 is 5.32 Å². The van der Waals surface area contributed by atoms with Crippen molar-refractivity contribution >= 4 is 29.1 Å². The number of nitrogens with zero attached hydrogens (tertiary/aromatic N) is 6. The van der Waals surface area contributed by atoms with Gasteiger partial charge in [-0.2, -0.15) is 4.80 Å². The zero-order valence-corrected chi connectivity index (χ0v) is 20.9. The highest BCUT2D eigenvalue weighted by Crippen LogP contribution is 2.34. The van der Waals surface area contributed by atoms with E-state index in [-0.39, 0.29) is 44.0 Å². The van der Waals surface area contributed by atoms with E-state index in [0.717, 1.165) is 5.56 Å². The molecule has 1 saturated carbocycles. The van der Waals surface area contributed by atoms with Crippen LogP contribution in [0.3, 0.4) is 0 Å². The number of carbonyl (C=O) groups excluding carboxylic acids is 1. The van der Waals surface area contributed by atoms with Gasteiger partial charge in [-0.15, -0.1) is 10.2 Å². The van der Waals surface area contributed by atoms with Crippen LogP contribution in [-0.2, 0) is 6.54 Å². The third-order valence-corrected chi connectivity index (χ3v) is 6.66. The largest absolute Gasteiger partial charge is 0.348 e. The number of benzene rings is 2. The summed E-state index contributed by atoms with van der Waals surface area (Å²) in [5, 5.41) is 15.6. The van der Waals surface area contributed by atoms with Crippen LogP contribution in [0.4, 0.5) is 8.78 Å². The van der Waals surface area contributed by atoms with Crippen LogP contribution in [0.5, 0.6) is 0 Å². The molecule has 4 aromatic rings. The Balaban J connectivity index is 1.60. The van der Waals surface area contributed by atoms with Gasteiger partial charge in [0.05, 0.1) is 17.1 Å². The summed E-state index contributed by atoms with van der Waals surface area (Å²) in [6.07, 6.45) is 1.09. The summed E-state index contributed by atoms with van der Waals surface area (Å²) in [5.74, 6) is -3.21. The highest BCUT2D eigenvalue weighted by Gasteiger charge is 2.36. The molecule has 0 radical (unpaired) electrons.